The van der Waals surface area contributed by atoms with E-state index in [1.165, 1.54) is 12.1 Å². The summed E-state index contributed by atoms with van der Waals surface area (Å²) in [6.45, 7) is 1.57. The molecule has 1 unspecified atom stereocenters. The lowest BCUT2D eigenvalue weighted by atomic mass is 9.81. The highest BCUT2D eigenvalue weighted by atomic mass is 19.1. The zero-order valence-electron chi connectivity index (χ0n) is 24.5. The number of carbonyl (C=O) groups is 2. The molecule has 2 atom stereocenters. The number of aliphatic hydroxyl groups is 1. The highest BCUT2D eigenvalue weighted by Crippen LogP contribution is 2.50. The van der Waals surface area contributed by atoms with E-state index in [9.17, 15) is 19.1 Å². The van der Waals surface area contributed by atoms with Crippen molar-refractivity contribution in [2.24, 2.45) is 11.7 Å². The second-order valence-electron chi connectivity index (χ2n) is 12.4. The molecule has 1 aliphatic heterocycles. The zero-order valence-corrected chi connectivity index (χ0v) is 24.5. The molecule has 4 aromatic rings. The number of aromatic nitrogens is 2. The summed E-state index contributed by atoms with van der Waals surface area (Å²) < 4.78 is 25.3. The van der Waals surface area contributed by atoms with Crippen molar-refractivity contribution in [2.45, 2.75) is 49.5 Å². The molecule has 0 saturated heterocycles. The van der Waals surface area contributed by atoms with Crippen LogP contribution in [-0.4, -0.2) is 47.2 Å². The number of hydrogen-bond acceptors (Lipinski definition) is 7. The molecule has 0 radical (unpaired) electrons. The van der Waals surface area contributed by atoms with Gasteiger partial charge in [0.25, 0.3) is 5.91 Å². The van der Waals surface area contributed by atoms with Crippen LogP contribution < -0.4 is 20.5 Å². The van der Waals surface area contributed by atoms with Gasteiger partial charge in [0.05, 0.1) is 19.3 Å². The molecule has 2 aliphatic carbocycles. The normalized spacial score (nSPS) is 20.5. The molecule has 0 spiro atoms. The Morgan fingerprint density at radius 1 is 1.16 bits per heavy atom. The monoisotopic (exact) mass is 596 g/mol. The SMILES string of the molecule is COc1cc(C(=O)NCC(O)(c2cc3c(c(-c4ccc(F)cc4)n2)OC[C@]3(C)C(N)=O)C2CC2)cc2cc(C3CC3)cnc12. The number of pyridine rings is 2. The molecule has 226 valence electrons. The summed E-state index contributed by atoms with van der Waals surface area (Å²) in [7, 11) is 1.54. The number of primary amides is 1. The third-order valence-corrected chi connectivity index (χ3v) is 9.25. The molecule has 7 rings (SSSR count). The van der Waals surface area contributed by atoms with Crippen LogP contribution in [0.15, 0.2) is 54.7 Å². The van der Waals surface area contributed by atoms with Gasteiger partial charge in [0.15, 0.2) is 0 Å². The van der Waals surface area contributed by atoms with E-state index in [1.807, 2.05) is 6.20 Å². The first-order valence-corrected chi connectivity index (χ1v) is 14.8. The molecule has 2 saturated carbocycles. The summed E-state index contributed by atoms with van der Waals surface area (Å²) in [5, 5.41) is 16.0. The number of halogens is 1. The molecule has 0 bridgehead atoms. The topological polar surface area (TPSA) is 137 Å². The van der Waals surface area contributed by atoms with Crippen LogP contribution in [0.3, 0.4) is 0 Å². The second-order valence-corrected chi connectivity index (χ2v) is 12.4. The average Bonchev–Trinajstić information content (AvgIpc) is 3.96. The Labute approximate surface area is 253 Å². The average molecular weight is 597 g/mol. The van der Waals surface area contributed by atoms with E-state index in [0.29, 0.717) is 45.3 Å². The molecular formula is C34H33FN4O5. The number of benzene rings is 2. The van der Waals surface area contributed by atoms with Gasteiger partial charge in [-0.15, -0.1) is 0 Å². The van der Waals surface area contributed by atoms with Crippen LogP contribution in [0.2, 0.25) is 0 Å². The van der Waals surface area contributed by atoms with Crippen LogP contribution in [0.5, 0.6) is 11.5 Å². The molecule has 10 heteroatoms. The number of hydrogen-bond donors (Lipinski definition) is 3. The molecule has 2 fully saturated rings. The van der Waals surface area contributed by atoms with Gasteiger partial charge >= 0.3 is 0 Å². The van der Waals surface area contributed by atoms with Crippen molar-refractivity contribution < 1.29 is 28.6 Å². The molecule has 2 aromatic heterocycles. The van der Waals surface area contributed by atoms with Crippen molar-refractivity contribution >= 4 is 22.7 Å². The van der Waals surface area contributed by atoms with Gasteiger partial charge in [0.2, 0.25) is 5.91 Å². The minimum absolute atomic E-state index is 0.0106. The lowest BCUT2D eigenvalue weighted by Crippen LogP contribution is -2.44. The van der Waals surface area contributed by atoms with Crippen molar-refractivity contribution in [3.05, 3.63) is 82.9 Å². The smallest absolute Gasteiger partial charge is 0.251 e. The molecular weight excluding hydrogens is 563 g/mol. The van der Waals surface area contributed by atoms with Gasteiger partial charge in [-0.1, -0.05) is 0 Å². The molecule has 9 nitrogen and oxygen atoms in total. The number of amides is 2. The number of ether oxygens (including phenoxy) is 2. The van der Waals surface area contributed by atoms with Gasteiger partial charge in [-0.2, -0.15) is 0 Å². The fourth-order valence-corrected chi connectivity index (χ4v) is 6.09. The van der Waals surface area contributed by atoms with E-state index in [4.69, 9.17) is 20.2 Å². The van der Waals surface area contributed by atoms with E-state index in [0.717, 1.165) is 36.6 Å². The van der Waals surface area contributed by atoms with Gasteiger partial charge in [0, 0.05) is 28.3 Å². The van der Waals surface area contributed by atoms with Gasteiger partial charge in [-0.05, 0) is 98.5 Å². The summed E-state index contributed by atoms with van der Waals surface area (Å²) in [4.78, 5) is 35.6. The highest BCUT2D eigenvalue weighted by Gasteiger charge is 2.50. The van der Waals surface area contributed by atoms with E-state index >= 15 is 0 Å². The number of fused-ring (bicyclic) bond motifs is 2. The predicted molar refractivity (Wildman–Crippen MR) is 161 cm³/mol. The Bertz CT molecular complexity index is 1820. The maximum atomic E-state index is 13.8. The minimum atomic E-state index is -1.55. The lowest BCUT2D eigenvalue weighted by Gasteiger charge is -2.30. The molecule has 44 heavy (non-hydrogen) atoms. The summed E-state index contributed by atoms with van der Waals surface area (Å²) >= 11 is 0. The van der Waals surface area contributed by atoms with Gasteiger partial charge in [-0.3, -0.25) is 14.6 Å². The predicted octanol–water partition coefficient (Wildman–Crippen LogP) is 4.48. The molecule has 3 heterocycles. The first-order chi connectivity index (χ1) is 21.1. The number of nitrogens with one attached hydrogen (secondary N) is 1. The van der Waals surface area contributed by atoms with E-state index < -0.39 is 22.7 Å². The second kappa shape index (κ2) is 10.3. The van der Waals surface area contributed by atoms with E-state index in [-0.39, 0.29) is 30.7 Å². The lowest BCUT2D eigenvalue weighted by molar-refractivity contribution is -0.123. The number of carbonyl (C=O) groups excluding carboxylic acids is 2. The number of nitrogens with zero attached hydrogens (tertiary/aromatic N) is 2. The molecule has 2 amide bonds. The van der Waals surface area contributed by atoms with E-state index in [1.54, 1.807) is 44.4 Å². The van der Waals surface area contributed by atoms with Gasteiger partial charge in [-0.25, -0.2) is 9.37 Å². The van der Waals surface area contributed by atoms with Crippen molar-refractivity contribution in [3.8, 4) is 22.8 Å². The fraction of sp³-hybridized carbons (Fsp3) is 0.353. The molecule has 2 aromatic carbocycles. The van der Waals surface area contributed by atoms with Crippen LogP contribution in [0.4, 0.5) is 4.39 Å². The third-order valence-electron chi connectivity index (χ3n) is 9.25. The van der Waals surface area contributed by atoms with Crippen molar-refractivity contribution in [1.82, 2.24) is 15.3 Å². The maximum absolute atomic E-state index is 13.8. The van der Waals surface area contributed by atoms with Crippen LogP contribution >= 0.6 is 0 Å². The molecule has 3 aliphatic rings. The number of rotatable bonds is 9. The van der Waals surface area contributed by atoms with Crippen LogP contribution in [0.25, 0.3) is 22.2 Å². The van der Waals surface area contributed by atoms with Crippen molar-refractivity contribution in [3.63, 3.8) is 0 Å². The zero-order chi connectivity index (χ0) is 30.8. The number of methoxy groups -OCH3 is 1. The summed E-state index contributed by atoms with van der Waals surface area (Å²) in [5.41, 5.74) is 7.01. The van der Waals surface area contributed by atoms with Crippen LogP contribution in [0, 0.1) is 11.7 Å². The van der Waals surface area contributed by atoms with Crippen LogP contribution in [-0.2, 0) is 15.8 Å². The first kappa shape index (κ1) is 28.2. The number of nitrogens with two attached hydrogens (primary N) is 1. The Morgan fingerprint density at radius 2 is 1.91 bits per heavy atom. The standard InChI is InChI=1S/C34H33FN4O5/c1-33(32(36)41)17-44-30-25(33)14-27(39-29(30)19-5-9-24(35)10-6-19)34(42,23-7-8-23)16-38-31(40)21-11-20-12-22(18-3-4-18)15-37-28(20)26(13-21)43-2/h5-6,9-15,18,23,42H,3-4,7-8,16-17H2,1-2H3,(H2,36,41)(H,38,40)/t33-,34?/m0/s1. The Hall–Kier alpha value is -4.57. The highest BCUT2D eigenvalue weighted by molar-refractivity contribution is 6.00. The summed E-state index contributed by atoms with van der Waals surface area (Å²) in [5.74, 6) is -0.184. The quantitative estimate of drug-likeness (QED) is 0.259. The first-order valence-electron chi connectivity index (χ1n) is 14.8. The van der Waals surface area contributed by atoms with Crippen LogP contribution in [0.1, 0.15) is 65.7 Å². The summed E-state index contributed by atoms with van der Waals surface area (Å²) in [6, 6.07) is 12.9. The molecule has 4 N–H and O–H groups in total. The van der Waals surface area contributed by atoms with Gasteiger partial charge < -0.3 is 25.6 Å². The van der Waals surface area contributed by atoms with E-state index in [2.05, 4.69) is 16.4 Å². The van der Waals surface area contributed by atoms with Crippen molar-refractivity contribution in [2.75, 3.05) is 20.3 Å². The Kier molecular flexibility index (Phi) is 6.58. The Morgan fingerprint density at radius 3 is 2.57 bits per heavy atom. The Balaban J connectivity index is 1.25. The minimum Gasteiger partial charge on any atom is -0.494 e. The fourth-order valence-electron chi connectivity index (χ4n) is 6.09. The third kappa shape index (κ3) is 4.73. The van der Waals surface area contributed by atoms with Gasteiger partial charge in [0.1, 0.15) is 46.1 Å². The van der Waals surface area contributed by atoms with Crippen molar-refractivity contribution in [1.29, 1.82) is 0 Å². The largest absolute Gasteiger partial charge is 0.494 e. The maximum Gasteiger partial charge on any atom is 0.251 e. The summed E-state index contributed by atoms with van der Waals surface area (Å²) in [6.07, 6.45) is 5.61.